The number of fused-ring (bicyclic) bond motifs is 1. The molecule has 2 aromatic rings. The summed E-state index contributed by atoms with van der Waals surface area (Å²) in [6, 6.07) is 6.95. The molecule has 1 aromatic carbocycles. The number of piperazine rings is 1. The highest BCUT2D eigenvalue weighted by Gasteiger charge is 2.27. The molecule has 0 aliphatic carbocycles. The summed E-state index contributed by atoms with van der Waals surface area (Å²) in [5.74, 6) is 2.20. The predicted octanol–water partition coefficient (Wildman–Crippen LogP) is 1.50. The van der Waals surface area contributed by atoms with Crippen LogP contribution >= 0.6 is 0 Å². The van der Waals surface area contributed by atoms with E-state index >= 15 is 0 Å². The minimum Gasteiger partial charge on any atom is -0.493 e. The smallest absolute Gasteiger partial charge is 0.127 e. The average Bonchev–Trinajstić information content (AvgIpc) is 3.16. The van der Waals surface area contributed by atoms with Crippen molar-refractivity contribution >= 4 is 0 Å². The first-order valence-corrected chi connectivity index (χ1v) is 7.98. The Kier molecular flexibility index (Phi) is 3.60. The van der Waals surface area contributed by atoms with Gasteiger partial charge in [-0.2, -0.15) is 0 Å². The zero-order valence-electron chi connectivity index (χ0n) is 13.0. The van der Waals surface area contributed by atoms with E-state index in [0.29, 0.717) is 6.04 Å². The molecule has 1 N–H and O–H groups in total. The third-order valence-electron chi connectivity index (χ3n) is 4.65. The third kappa shape index (κ3) is 2.51. The second-order valence-corrected chi connectivity index (χ2v) is 6.13. The van der Waals surface area contributed by atoms with Crippen LogP contribution in [0.5, 0.6) is 5.75 Å². The Balaban J connectivity index is 1.56. The van der Waals surface area contributed by atoms with E-state index in [1.807, 2.05) is 12.4 Å². The lowest BCUT2D eigenvalue weighted by Crippen LogP contribution is -2.46. The van der Waals surface area contributed by atoms with Gasteiger partial charge in [-0.1, -0.05) is 12.1 Å². The van der Waals surface area contributed by atoms with E-state index in [1.165, 1.54) is 11.1 Å². The summed E-state index contributed by atoms with van der Waals surface area (Å²) in [7, 11) is 2.07. The standard InChI is InChI=1S/C17H22N4O/c1-20-7-6-19-17(20)15-11-18-5-8-21(15)12-13-2-3-16-14(10-13)4-9-22-16/h2-3,6-7,10,15,18H,4-5,8-9,11-12H2,1H3. The molecule has 0 spiro atoms. The highest BCUT2D eigenvalue weighted by atomic mass is 16.5. The fourth-order valence-corrected chi connectivity index (χ4v) is 3.46. The number of hydrogen-bond acceptors (Lipinski definition) is 4. The Morgan fingerprint density at radius 2 is 2.36 bits per heavy atom. The van der Waals surface area contributed by atoms with Gasteiger partial charge in [0.2, 0.25) is 0 Å². The molecule has 1 saturated heterocycles. The van der Waals surface area contributed by atoms with Crippen LogP contribution in [0.4, 0.5) is 0 Å². The van der Waals surface area contributed by atoms with Gasteiger partial charge >= 0.3 is 0 Å². The molecule has 116 valence electrons. The molecule has 0 amide bonds. The quantitative estimate of drug-likeness (QED) is 0.932. The number of nitrogens with zero attached hydrogens (tertiary/aromatic N) is 3. The number of ether oxygens (including phenoxy) is 1. The lowest BCUT2D eigenvalue weighted by atomic mass is 10.1. The van der Waals surface area contributed by atoms with Gasteiger partial charge in [0.05, 0.1) is 12.6 Å². The Morgan fingerprint density at radius 1 is 1.41 bits per heavy atom. The fourth-order valence-electron chi connectivity index (χ4n) is 3.46. The fraction of sp³-hybridized carbons (Fsp3) is 0.471. The van der Waals surface area contributed by atoms with E-state index in [0.717, 1.165) is 50.8 Å². The van der Waals surface area contributed by atoms with Gasteiger partial charge in [-0.25, -0.2) is 4.98 Å². The number of aromatic nitrogens is 2. The van der Waals surface area contributed by atoms with Crippen LogP contribution in [-0.2, 0) is 20.0 Å². The highest BCUT2D eigenvalue weighted by molar-refractivity contribution is 5.39. The third-order valence-corrected chi connectivity index (χ3v) is 4.65. The molecule has 2 aliphatic rings. The largest absolute Gasteiger partial charge is 0.493 e. The number of imidazole rings is 1. The normalized spacial score (nSPS) is 21.6. The zero-order valence-corrected chi connectivity index (χ0v) is 13.0. The van der Waals surface area contributed by atoms with Crippen molar-refractivity contribution in [3.05, 3.63) is 47.5 Å². The van der Waals surface area contributed by atoms with Crippen molar-refractivity contribution in [2.45, 2.75) is 19.0 Å². The van der Waals surface area contributed by atoms with Gasteiger partial charge in [-0.15, -0.1) is 0 Å². The molecule has 3 heterocycles. The van der Waals surface area contributed by atoms with Crippen molar-refractivity contribution in [1.82, 2.24) is 19.8 Å². The lowest BCUT2D eigenvalue weighted by molar-refractivity contribution is 0.144. The first-order chi connectivity index (χ1) is 10.8. The number of nitrogens with one attached hydrogen (secondary N) is 1. The minimum atomic E-state index is 0.332. The van der Waals surface area contributed by atoms with Gasteiger partial charge in [0.15, 0.2) is 0 Å². The molecule has 5 nitrogen and oxygen atoms in total. The molecule has 0 bridgehead atoms. The summed E-state index contributed by atoms with van der Waals surface area (Å²) < 4.78 is 7.73. The Hall–Kier alpha value is -1.85. The molecule has 0 radical (unpaired) electrons. The molecule has 5 heteroatoms. The van der Waals surface area contributed by atoms with Crippen LogP contribution in [0.2, 0.25) is 0 Å². The Morgan fingerprint density at radius 3 is 3.23 bits per heavy atom. The van der Waals surface area contributed by atoms with Crippen LogP contribution in [0, 0.1) is 0 Å². The minimum absolute atomic E-state index is 0.332. The number of rotatable bonds is 3. The molecule has 22 heavy (non-hydrogen) atoms. The predicted molar refractivity (Wildman–Crippen MR) is 84.9 cm³/mol. The van der Waals surface area contributed by atoms with Gasteiger partial charge in [0.1, 0.15) is 11.6 Å². The molecule has 1 unspecified atom stereocenters. The van der Waals surface area contributed by atoms with Crippen molar-refractivity contribution in [1.29, 1.82) is 0 Å². The molecule has 4 rings (SSSR count). The van der Waals surface area contributed by atoms with Gasteiger partial charge in [0, 0.05) is 52.0 Å². The first kappa shape index (κ1) is 13.8. The van der Waals surface area contributed by atoms with Crippen LogP contribution in [0.3, 0.4) is 0 Å². The second kappa shape index (κ2) is 5.74. The van der Waals surface area contributed by atoms with Crippen molar-refractivity contribution < 1.29 is 4.74 Å². The summed E-state index contributed by atoms with van der Waals surface area (Å²) in [4.78, 5) is 7.07. The summed E-state index contributed by atoms with van der Waals surface area (Å²) in [6.45, 7) is 4.83. The van der Waals surface area contributed by atoms with Gasteiger partial charge in [-0.3, -0.25) is 4.90 Å². The molecule has 1 atom stereocenters. The van der Waals surface area contributed by atoms with Crippen molar-refractivity contribution in [2.24, 2.45) is 7.05 Å². The SMILES string of the molecule is Cn1ccnc1C1CNCCN1Cc1ccc2c(c1)CCO2. The molecule has 1 fully saturated rings. The van der Waals surface area contributed by atoms with E-state index in [9.17, 15) is 0 Å². The van der Waals surface area contributed by atoms with E-state index in [-0.39, 0.29) is 0 Å². The van der Waals surface area contributed by atoms with E-state index < -0.39 is 0 Å². The van der Waals surface area contributed by atoms with Crippen LogP contribution in [0.1, 0.15) is 23.0 Å². The van der Waals surface area contributed by atoms with Crippen molar-refractivity contribution in [3.8, 4) is 5.75 Å². The molecular formula is C17H22N4O. The molecule has 0 saturated carbocycles. The topological polar surface area (TPSA) is 42.3 Å². The first-order valence-electron chi connectivity index (χ1n) is 7.98. The second-order valence-electron chi connectivity index (χ2n) is 6.13. The van der Waals surface area contributed by atoms with Crippen LogP contribution in [-0.4, -0.2) is 40.7 Å². The maximum Gasteiger partial charge on any atom is 0.127 e. The summed E-state index contributed by atoms with van der Waals surface area (Å²) >= 11 is 0. The maximum absolute atomic E-state index is 5.60. The van der Waals surface area contributed by atoms with Gasteiger partial charge < -0.3 is 14.6 Å². The highest BCUT2D eigenvalue weighted by Crippen LogP contribution is 2.28. The van der Waals surface area contributed by atoms with Crippen LogP contribution in [0.25, 0.3) is 0 Å². The zero-order chi connectivity index (χ0) is 14.9. The van der Waals surface area contributed by atoms with Gasteiger partial charge in [-0.05, 0) is 17.2 Å². The Labute approximate surface area is 130 Å². The van der Waals surface area contributed by atoms with Crippen LogP contribution < -0.4 is 10.1 Å². The summed E-state index contributed by atoms with van der Waals surface area (Å²) in [6.07, 6.45) is 4.94. The number of hydrogen-bond donors (Lipinski definition) is 1. The van der Waals surface area contributed by atoms with Gasteiger partial charge in [0.25, 0.3) is 0 Å². The Bertz CT molecular complexity index is 666. The number of aryl methyl sites for hydroxylation is 1. The monoisotopic (exact) mass is 298 g/mol. The van der Waals surface area contributed by atoms with E-state index in [4.69, 9.17) is 4.74 Å². The summed E-state index contributed by atoms with van der Waals surface area (Å²) in [5, 5.41) is 3.49. The van der Waals surface area contributed by atoms with Crippen molar-refractivity contribution in [2.75, 3.05) is 26.2 Å². The molecular weight excluding hydrogens is 276 g/mol. The summed E-state index contributed by atoms with van der Waals surface area (Å²) in [5.41, 5.74) is 2.71. The molecule has 2 aliphatic heterocycles. The van der Waals surface area contributed by atoms with Crippen molar-refractivity contribution in [3.63, 3.8) is 0 Å². The molecule has 1 aromatic heterocycles. The maximum atomic E-state index is 5.60. The van der Waals surface area contributed by atoms with E-state index in [1.54, 1.807) is 0 Å². The van der Waals surface area contributed by atoms with E-state index in [2.05, 4.69) is 45.0 Å². The lowest BCUT2D eigenvalue weighted by Gasteiger charge is -2.35. The average molecular weight is 298 g/mol. The number of benzene rings is 1. The van der Waals surface area contributed by atoms with Crippen LogP contribution in [0.15, 0.2) is 30.6 Å².